The van der Waals surface area contributed by atoms with E-state index in [2.05, 4.69) is 9.88 Å². The van der Waals surface area contributed by atoms with Crippen LogP contribution >= 0.6 is 11.6 Å². The minimum absolute atomic E-state index is 0.0801. The fourth-order valence-corrected chi connectivity index (χ4v) is 2.26. The maximum Gasteiger partial charge on any atom is 0.224 e. The minimum atomic E-state index is -0.0801. The molecule has 0 aliphatic carbocycles. The van der Waals surface area contributed by atoms with Crippen LogP contribution in [0.1, 0.15) is 13.3 Å². The van der Waals surface area contributed by atoms with Crippen LogP contribution in [0.3, 0.4) is 0 Å². The lowest BCUT2D eigenvalue weighted by Crippen LogP contribution is -2.49. The first-order valence-corrected chi connectivity index (χ1v) is 6.84. The van der Waals surface area contributed by atoms with Gasteiger partial charge in [-0.05, 0) is 19.1 Å². The first-order chi connectivity index (χ1) is 9.06. The summed E-state index contributed by atoms with van der Waals surface area (Å²) in [6.07, 6.45) is 2.06. The van der Waals surface area contributed by atoms with Crippen molar-refractivity contribution < 1.29 is 4.79 Å². The average molecular weight is 283 g/mol. The molecule has 1 unspecified atom stereocenters. The van der Waals surface area contributed by atoms with Gasteiger partial charge in [-0.15, -0.1) is 0 Å². The molecule has 104 valence electrons. The molecule has 1 saturated heterocycles. The van der Waals surface area contributed by atoms with E-state index in [0.717, 1.165) is 32.0 Å². The van der Waals surface area contributed by atoms with E-state index < -0.39 is 0 Å². The van der Waals surface area contributed by atoms with Gasteiger partial charge in [-0.25, -0.2) is 4.98 Å². The van der Waals surface area contributed by atoms with E-state index in [9.17, 15) is 4.79 Å². The molecule has 1 atom stereocenters. The molecule has 2 heterocycles. The molecular weight excluding hydrogens is 264 g/mol. The van der Waals surface area contributed by atoms with Gasteiger partial charge in [0.25, 0.3) is 0 Å². The zero-order valence-corrected chi connectivity index (χ0v) is 11.8. The van der Waals surface area contributed by atoms with Gasteiger partial charge in [0, 0.05) is 44.8 Å². The van der Waals surface area contributed by atoms with Crippen molar-refractivity contribution in [2.24, 2.45) is 5.73 Å². The van der Waals surface area contributed by atoms with E-state index in [1.807, 2.05) is 24.0 Å². The van der Waals surface area contributed by atoms with Crippen molar-refractivity contribution in [1.29, 1.82) is 0 Å². The SMILES string of the molecule is CC(N)CC(=O)N1CCN(c2ccc(Cl)cn2)CC1. The molecule has 0 aromatic carbocycles. The van der Waals surface area contributed by atoms with E-state index in [1.165, 1.54) is 0 Å². The number of hydrogen-bond donors (Lipinski definition) is 1. The lowest BCUT2D eigenvalue weighted by Gasteiger charge is -2.35. The smallest absolute Gasteiger partial charge is 0.224 e. The van der Waals surface area contributed by atoms with Crippen LogP contribution < -0.4 is 10.6 Å². The number of pyridine rings is 1. The van der Waals surface area contributed by atoms with Gasteiger partial charge in [0.15, 0.2) is 0 Å². The van der Waals surface area contributed by atoms with E-state index in [1.54, 1.807) is 6.20 Å². The van der Waals surface area contributed by atoms with Gasteiger partial charge < -0.3 is 15.5 Å². The third kappa shape index (κ3) is 3.81. The normalized spacial score (nSPS) is 17.4. The van der Waals surface area contributed by atoms with E-state index in [0.29, 0.717) is 11.4 Å². The van der Waals surface area contributed by atoms with Crippen LogP contribution in [0.25, 0.3) is 0 Å². The highest BCUT2D eigenvalue weighted by atomic mass is 35.5. The fraction of sp³-hybridized carbons (Fsp3) is 0.538. The Morgan fingerprint density at radius 3 is 2.63 bits per heavy atom. The maximum absolute atomic E-state index is 11.9. The topological polar surface area (TPSA) is 62.5 Å². The Kier molecular flexibility index (Phi) is 4.61. The lowest BCUT2D eigenvalue weighted by molar-refractivity contribution is -0.131. The molecule has 0 spiro atoms. The highest BCUT2D eigenvalue weighted by Gasteiger charge is 2.22. The molecule has 1 aromatic heterocycles. The number of aromatic nitrogens is 1. The summed E-state index contributed by atoms with van der Waals surface area (Å²) in [5, 5.41) is 0.634. The van der Waals surface area contributed by atoms with Crippen LogP contribution in [0.2, 0.25) is 5.02 Å². The molecule has 2 N–H and O–H groups in total. The Morgan fingerprint density at radius 1 is 1.42 bits per heavy atom. The summed E-state index contributed by atoms with van der Waals surface area (Å²) >= 11 is 5.82. The Morgan fingerprint density at radius 2 is 2.11 bits per heavy atom. The summed E-state index contributed by atoms with van der Waals surface area (Å²) in [5.41, 5.74) is 5.65. The van der Waals surface area contributed by atoms with Crippen molar-refractivity contribution in [3.8, 4) is 0 Å². The molecule has 1 amide bonds. The Bertz CT molecular complexity index is 427. The molecule has 5 nitrogen and oxygen atoms in total. The van der Waals surface area contributed by atoms with Crippen LogP contribution in [0.15, 0.2) is 18.3 Å². The second-order valence-corrected chi connectivity index (χ2v) is 5.32. The monoisotopic (exact) mass is 282 g/mol. The van der Waals surface area contributed by atoms with Crippen molar-refractivity contribution in [3.05, 3.63) is 23.4 Å². The molecule has 19 heavy (non-hydrogen) atoms. The number of piperazine rings is 1. The van der Waals surface area contributed by atoms with Gasteiger partial charge >= 0.3 is 0 Å². The number of hydrogen-bond acceptors (Lipinski definition) is 4. The molecule has 6 heteroatoms. The van der Waals surface area contributed by atoms with Gasteiger partial charge in [-0.2, -0.15) is 0 Å². The molecule has 1 aliphatic rings. The van der Waals surface area contributed by atoms with Crippen LogP contribution in [0.4, 0.5) is 5.82 Å². The molecule has 1 fully saturated rings. The quantitative estimate of drug-likeness (QED) is 0.902. The average Bonchev–Trinajstić information content (AvgIpc) is 2.39. The van der Waals surface area contributed by atoms with Gasteiger partial charge in [0.2, 0.25) is 5.91 Å². The second kappa shape index (κ2) is 6.21. The summed E-state index contributed by atoms with van der Waals surface area (Å²) in [6, 6.07) is 3.66. The van der Waals surface area contributed by atoms with Gasteiger partial charge in [-0.3, -0.25) is 4.79 Å². The predicted octanol–water partition coefficient (Wildman–Crippen LogP) is 1.12. The number of carbonyl (C=O) groups excluding carboxylic acids is 1. The number of nitrogens with zero attached hydrogens (tertiary/aromatic N) is 3. The Balaban J connectivity index is 1.88. The van der Waals surface area contributed by atoms with Gasteiger partial charge in [-0.1, -0.05) is 11.6 Å². The van der Waals surface area contributed by atoms with Crippen molar-refractivity contribution in [2.45, 2.75) is 19.4 Å². The molecule has 1 aromatic rings. The van der Waals surface area contributed by atoms with Crippen molar-refractivity contribution in [2.75, 3.05) is 31.1 Å². The third-order valence-electron chi connectivity index (χ3n) is 3.16. The highest BCUT2D eigenvalue weighted by Crippen LogP contribution is 2.16. The summed E-state index contributed by atoms with van der Waals surface area (Å²) in [7, 11) is 0. The third-order valence-corrected chi connectivity index (χ3v) is 3.39. The first-order valence-electron chi connectivity index (χ1n) is 6.46. The highest BCUT2D eigenvalue weighted by molar-refractivity contribution is 6.30. The van der Waals surface area contributed by atoms with E-state index in [-0.39, 0.29) is 11.9 Å². The molecule has 0 saturated carbocycles. The molecule has 2 rings (SSSR count). The summed E-state index contributed by atoms with van der Waals surface area (Å²) in [6.45, 7) is 4.87. The maximum atomic E-state index is 11.9. The van der Waals surface area contributed by atoms with Crippen molar-refractivity contribution in [3.63, 3.8) is 0 Å². The molecular formula is C13H19ClN4O. The van der Waals surface area contributed by atoms with Crippen LogP contribution in [-0.2, 0) is 4.79 Å². The number of anilines is 1. The van der Waals surface area contributed by atoms with Crippen LogP contribution in [0.5, 0.6) is 0 Å². The van der Waals surface area contributed by atoms with Crippen molar-refractivity contribution in [1.82, 2.24) is 9.88 Å². The molecule has 0 bridgehead atoms. The minimum Gasteiger partial charge on any atom is -0.353 e. The Hall–Kier alpha value is -1.33. The number of nitrogens with two attached hydrogens (primary N) is 1. The van der Waals surface area contributed by atoms with Crippen LogP contribution in [-0.4, -0.2) is 48.0 Å². The largest absolute Gasteiger partial charge is 0.353 e. The number of rotatable bonds is 3. The number of amides is 1. The zero-order valence-electron chi connectivity index (χ0n) is 11.1. The number of halogens is 1. The lowest BCUT2D eigenvalue weighted by atomic mass is 10.2. The van der Waals surface area contributed by atoms with Gasteiger partial charge in [0.05, 0.1) is 5.02 Å². The summed E-state index contributed by atoms with van der Waals surface area (Å²) in [4.78, 5) is 20.2. The van der Waals surface area contributed by atoms with Gasteiger partial charge in [0.1, 0.15) is 5.82 Å². The van der Waals surface area contributed by atoms with Crippen molar-refractivity contribution >= 4 is 23.3 Å². The van der Waals surface area contributed by atoms with Crippen LogP contribution in [0, 0.1) is 0 Å². The Labute approximate surface area is 118 Å². The fourth-order valence-electron chi connectivity index (χ4n) is 2.14. The molecule has 0 radical (unpaired) electrons. The van der Waals surface area contributed by atoms with E-state index >= 15 is 0 Å². The predicted molar refractivity (Wildman–Crippen MR) is 76.3 cm³/mol. The van der Waals surface area contributed by atoms with E-state index in [4.69, 9.17) is 17.3 Å². The standard InChI is InChI=1S/C13H19ClN4O/c1-10(15)8-13(19)18-6-4-17(5-7-18)12-3-2-11(14)9-16-12/h2-3,9-10H,4-8,15H2,1H3. The zero-order chi connectivity index (χ0) is 13.8. The summed E-state index contributed by atoms with van der Waals surface area (Å²) in [5.74, 6) is 1.04. The summed E-state index contributed by atoms with van der Waals surface area (Å²) < 4.78 is 0. The number of carbonyl (C=O) groups is 1. The molecule has 1 aliphatic heterocycles. The second-order valence-electron chi connectivity index (χ2n) is 4.88. The first kappa shape index (κ1) is 14.1.